The first-order chi connectivity index (χ1) is 45.9. The summed E-state index contributed by atoms with van der Waals surface area (Å²) in [7, 11) is -9.91. The van der Waals surface area contributed by atoms with Crippen molar-refractivity contribution in [2.45, 2.75) is 413 Å². The molecule has 2 unspecified atom stereocenters. The number of aliphatic hydroxyl groups excluding tert-OH is 1. The minimum Gasteiger partial charge on any atom is -0.462 e. The van der Waals surface area contributed by atoms with Crippen LogP contribution in [0.15, 0.2) is 0 Å². The Morgan fingerprint density at radius 3 is 0.716 bits per heavy atom. The van der Waals surface area contributed by atoms with E-state index in [0.717, 1.165) is 108 Å². The molecule has 0 saturated heterocycles. The van der Waals surface area contributed by atoms with E-state index in [0.29, 0.717) is 25.7 Å². The second-order valence-corrected chi connectivity index (χ2v) is 31.3. The van der Waals surface area contributed by atoms with E-state index >= 15 is 0 Å². The summed E-state index contributed by atoms with van der Waals surface area (Å²) in [6.45, 7) is 9.52. The van der Waals surface area contributed by atoms with Gasteiger partial charge in [0, 0.05) is 25.7 Å². The van der Waals surface area contributed by atoms with Gasteiger partial charge in [0.25, 0.3) is 0 Å². The topological polar surface area (TPSA) is 237 Å². The smallest absolute Gasteiger partial charge is 0.462 e. The third-order valence-corrected chi connectivity index (χ3v) is 19.6. The average Bonchev–Trinajstić information content (AvgIpc) is 1.61. The number of carbonyl (C=O) groups excluding carboxylic acids is 4. The maximum Gasteiger partial charge on any atom is 0.472 e. The van der Waals surface area contributed by atoms with Gasteiger partial charge < -0.3 is 33.8 Å². The van der Waals surface area contributed by atoms with Crippen LogP contribution in [0.25, 0.3) is 0 Å². The minimum absolute atomic E-state index is 0.104. The number of hydrogen-bond acceptors (Lipinski definition) is 15. The summed E-state index contributed by atoms with van der Waals surface area (Å²) in [6, 6.07) is 0. The first kappa shape index (κ1) is 93.1. The van der Waals surface area contributed by atoms with Gasteiger partial charge in [0.15, 0.2) is 12.2 Å². The van der Waals surface area contributed by atoms with Gasteiger partial charge in [0.1, 0.15) is 19.3 Å². The number of rotatable bonds is 75. The number of aliphatic hydroxyl groups is 1. The summed E-state index contributed by atoms with van der Waals surface area (Å²) in [5.74, 6) is -0.632. The monoisotopic (exact) mass is 1400 g/mol. The van der Waals surface area contributed by atoms with Crippen LogP contribution < -0.4 is 0 Å². The summed E-state index contributed by atoms with van der Waals surface area (Å²) in [5, 5.41) is 10.6. The van der Waals surface area contributed by atoms with E-state index in [9.17, 15) is 43.2 Å². The second kappa shape index (κ2) is 67.9. The highest BCUT2D eigenvalue weighted by Gasteiger charge is 2.30. The molecule has 0 aromatic carbocycles. The molecular weight excluding hydrogens is 1250 g/mol. The largest absolute Gasteiger partial charge is 0.472 e. The zero-order valence-corrected chi connectivity index (χ0v) is 63.8. The number of esters is 4. The van der Waals surface area contributed by atoms with Gasteiger partial charge in [-0.05, 0) is 37.5 Å². The molecule has 0 aliphatic carbocycles. The van der Waals surface area contributed by atoms with Crippen molar-refractivity contribution >= 4 is 39.5 Å². The van der Waals surface area contributed by atoms with Crippen molar-refractivity contribution in [3.05, 3.63) is 0 Å². The predicted molar refractivity (Wildman–Crippen MR) is 386 cm³/mol. The highest BCUT2D eigenvalue weighted by Crippen LogP contribution is 2.45. The molecule has 5 atom stereocenters. The van der Waals surface area contributed by atoms with Gasteiger partial charge in [-0.1, -0.05) is 343 Å². The van der Waals surface area contributed by atoms with E-state index < -0.39 is 97.5 Å². The van der Waals surface area contributed by atoms with Gasteiger partial charge in [0.05, 0.1) is 26.4 Å². The van der Waals surface area contributed by atoms with Crippen LogP contribution >= 0.6 is 15.6 Å². The van der Waals surface area contributed by atoms with Crippen molar-refractivity contribution in [3.63, 3.8) is 0 Å². The number of unbranched alkanes of at least 4 members (excludes halogenated alkanes) is 45. The lowest BCUT2D eigenvalue weighted by Crippen LogP contribution is -2.30. The highest BCUT2D eigenvalue weighted by atomic mass is 31.2. The van der Waals surface area contributed by atoms with Crippen molar-refractivity contribution in [1.82, 2.24) is 0 Å². The molecule has 0 bridgehead atoms. The molecule has 95 heavy (non-hydrogen) atoms. The highest BCUT2D eigenvalue weighted by molar-refractivity contribution is 7.47. The van der Waals surface area contributed by atoms with E-state index in [1.807, 2.05) is 0 Å². The predicted octanol–water partition coefficient (Wildman–Crippen LogP) is 22.3. The zero-order valence-electron chi connectivity index (χ0n) is 62.0. The van der Waals surface area contributed by atoms with Gasteiger partial charge in [-0.2, -0.15) is 0 Å². The van der Waals surface area contributed by atoms with E-state index in [4.69, 9.17) is 37.0 Å². The Morgan fingerprint density at radius 1 is 0.284 bits per heavy atom. The molecule has 0 aromatic rings. The van der Waals surface area contributed by atoms with Gasteiger partial charge in [0.2, 0.25) is 0 Å². The van der Waals surface area contributed by atoms with Crippen molar-refractivity contribution < 1.29 is 80.2 Å². The zero-order chi connectivity index (χ0) is 70.0. The van der Waals surface area contributed by atoms with Crippen molar-refractivity contribution in [2.75, 3.05) is 39.6 Å². The fourth-order valence-electron chi connectivity index (χ4n) is 11.7. The number of phosphoric ester groups is 2. The average molecular weight is 1400 g/mol. The molecule has 0 aromatic heterocycles. The summed E-state index contributed by atoms with van der Waals surface area (Å²) < 4.78 is 68.4. The van der Waals surface area contributed by atoms with Gasteiger partial charge in [-0.15, -0.1) is 0 Å². The van der Waals surface area contributed by atoms with Crippen LogP contribution in [-0.2, 0) is 65.4 Å². The summed E-state index contributed by atoms with van der Waals surface area (Å²) in [4.78, 5) is 72.7. The lowest BCUT2D eigenvalue weighted by Gasteiger charge is -2.21. The number of phosphoric acid groups is 2. The summed E-state index contributed by atoms with van der Waals surface area (Å²) in [6.07, 6.45) is 55.8. The molecule has 0 radical (unpaired) electrons. The van der Waals surface area contributed by atoms with Crippen LogP contribution in [0.5, 0.6) is 0 Å². The Kier molecular flexibility index (Phi) is 66.5. The Morgan fingerprint density at radius 2 is 0.484 bits per heavy atom. The Balaban J connectivity index is 5.16. The molecule has 0 spiro atoms. The molecule has 0 rings (SSSR count). The lowest BCUT2D eigenvalue weighted by atomic mass is 10.0. The van der Waals surface area contributed by atoms with Gasteiger partial charge in [-0.25, -0.2) is 9.13 Å². The van der Waals surface area contributed by atoms with Crippen LogP contribution in [0.3, 0.4) is 0 Å². The fraction of sp³-hybridized carbons (Fsp3) is 0.947. The molecule has 564 valence electrons. The van der Waals surface area contributed by atoms with E-state index in [-0.39, 0.29) is 25.7 Å². The Labute approximate surface area is 581 Å². The Bertz CT molecular complexity index is 1840. The maximum absolute atomic E-state index is 13.1. The molecular formula is C76H148O17P2. The number of hydrogen-bond donors (Lipinski definition) is 3. The molecule has 0 heterocycles. The normalized spacial score (nSPS) is 14.0. The SMILES string of the molecule is CCCCCCCCCCCCCCCCCCCCCCCCC(=O)O[C@H](COC(=O)CCCCCCCCCCCCCC(C)C)COP(=O)(O)OC[C@@H](O)COP(=O)(O)OC[C@@H](COC(=O)CCCCCCCCCC)OC(=O)CCCCCCCCCCC(C)C. The molecule has 0 aliphatic rings. The molecule has 0 aliphatic heterocycles. The van der Waals surface area contributed by atoms with Crippen molar-refractivity contribution in [1.29, 1.82) is 0 Å². The minimum atomic E-state index is -4.96. The molecule has 0 amide bonds. The number of carbonyl (C=O) groups is 4. The molecule has 0 saturated carbocycles. The molecule has 3 N–H and O–H groups in total. The fourth-order valence-corrected chi connectivity index (χ4v) is 13.2. The standard InChI is InChI=1S/C76H148O17P2/c1-7-9-11-13-15-17-18-19-20-21-22-23-24-25-26-27-28-31-35-42-48-54-60-75(80)92-72(65-87-74(79)59-53-47-41-34-32-29-30-33-38-44-50-56-68(3)4)67-91-95(84,85)89-63-70(77)62-88-94(82,83)90-66-71(64-86-73(78)58-52-46-40-16-14-12-10-8-2)93-76(81)61-55-49-43-37-36-39-45-51-57-69(5)6/h68-72,77H,7-67H2,1-6H3,(H,82,83)(H,84,85)/t70-,71+,72+/m0/s1. The van der Waals surface area contributed by atoms with E-state index in [1.54, 1.807) is 0 Å². The lowest BCUT2D eigenvalue weighted by molar-refractivity contribution is -0.161. The molecule has 0 fully saturated rings. The van der Waals surface area contributed by atoms with Crippen LogP contribution in [0.1, 0.15) is 395 Å². The first-order valence-electron chi connectivity index (χ1n) is 39.5. The second-order valence-electron chi connectivity index (χ2n) is 28.3. The van der Waals surface area contributed by atoms with E-state index in [2.05, 4.69) is 41.5 Å². The first-order valence-corrected chi connectivity index (χ1v) is 42.5. The third-order valence-electron chi connectivity index (χ3n) is 17.7. The summed E-state index contributed by atoms with van der Waals surface area (Å²) >= 11 is 0. The number of ether oxygens (including phenoxy) is 4. The Hall–Kier alpha value is -1.94. The van der Waals surface area contributed by atoms with Gasteiger partial charge >= 0.3 is 39.5 Å². The van der Waals surface area contributed by atoms with Crippen LogP contribution in [0.2, 0.25) is 0 Å². The summed E-state index contributed by atoms with van der Waals surface area (Å²) in [5.41, 5.74) is 0. The van der Waals surface area contributed by atoms with Crippen molar-refractivity contribution in [2.24, 2.45) is 11.8 Å². The van der Waals surface area contributed by atoms with Gasteiger partial charge in [-0.3, -0.25) is 37.3 Å². The maximum atomic E-state index is 13.1. The van der Waals surface area contributed by atoms with Crippen LogP contribution in [0, 0.1) is 11.8 Å². The molecule has 19 heteroatoms. The van der Waals surface area contributed by atoms with Crippen LogP contribution in [-0.4, -0.2) is 96.7 Å². The van der Waals surface area contributed by atoms with Crippen molar-refractivity contribution in [3.8, 4) is 0 Å². The van der Waals surface area contributed by atoms with Crippen LogP contribution in [0.4, 0.5) is 0 Å². The van der Waals surface area contributed by atoms with E-state index in [1.165, 1.54) is 205 Å². The third kappa shape index (κ3) is 70.3. The molecule has 17 nitrogen and oxygen atoms in total. The quantitative estimate of drug-likeness (QED) is 0.0222.